The van der Waals surface area contributed by atoms with Crippen LogP contribution in [-0.4, -0.2) is 0 Å². The Morgan fingerprint density at radius 3 is 2.27 bits per heavy atom. The number of rotatable bonds is 0. The summed E-state index contributed by atoms with van der Waals surface area (Å²) in [6, 6.07) is 1.54. The second kappa shape index (κ2) is 3.82. The highest BCUT2D eigenvalue weighted by Crippen LogP contribution is 2.27. The first kappa shape index (κ1) is 10.1. The van der Waals surface area contributed by atoms with Gasteiger partial charge in [-0.05, 0) is 67.2 Å². The van der Waals surface area contributed by atoms with Crippen LogP contribution in [0, 0.1) is 18.8 Å². The molecule has 1 rings (SSSR count). The fourth-order valence-electron chi connectivity index (χ4n) is 0.544. The van der Waals surface area contributed by atoms with Gasteiger partial charge in [0.15, 0.2) is 11.6 Å². The smallest absolute Gasteiger partial charge is 0.174 e. The van der Waals surface area contributed by atoms with Gasteiger partial charge in [0.2, 0.25) is 0 Å². The molecule has 0 aromatic heterocycles. The van der Waals surface area contributed by atoms with Gasteiger partial charge in [-0.15, -0.1) is 0 Å². The Morgan fingerprint density at radius 1 is 1.18 bits per heavy atom. The van der Waals surface area contributed by atoms with Gasteiger partial charge in [-0.25, -0.2) is 8.78 Å². The summed E-state index contributed by atoms with van der Waals surface area (Å²) >= 11 is 6.60. The lowest BCUT2D eigenvalue weighted by atomic mass is 10.3. The Hall–Kier alpha value is 1.02. The van der Waals surface area contributed by atoms with Gasteiger partial charge < -0.3 is 0 Å². The standard InChI is InChI=1S/C6HBrF2I2/c7-2-1-3(10)4(8)5(9)6(2)11/h1H. The van der Waals surface area contributed by atoms with Crippen LogP contribution in [0.3, 0.4) is 0 Å². The molecule has 0 atom stereocenters. The van der Waals surface area contributed by atoms with Crippen LogP contribution in [0.25, 0.3) is 0 Å². The van der Waals surface area contributed by atoms with Crippen molar-refractivity contribution in [1.29, 1.82) is 0 Å². The van der Waals surface area contributed by atoms with Gasteiger partial charge >= 0.3 is 0 Å². The average molecular weight is 445 g/mol. The van der Waals surface area contributed by atoms with E-state index in [0.29, 0.717) is 4.47 Å². The minimum absolute atomic E-state index is 0.278. The third-order valence-electron chi connectivity index (χ3n) is 1.06. The van der Waals surface area contributed by atoms with Crippen LogP contribution in [0.5, 0.6) is 0 Å². The maximum atomic E-state index is 12.8. The maximum Gasteiger partial charge on any atom is 0.174 e. The van der Waals surface area contributed by atoms with Gasteiger partial charge in [0.05, 0.1) is 7.14 Å². The fourth-order valence-corrected chi connectivity index (χ4v) is 2.32. The summed E-state index contributed by atoms with van der Waals surface area (Å²) < 4.78 is 26.7. The van der Waals surface area contributed by atoms with E-state index in [9.17, 15) is 8.78 Å². The molecule has 1 aromatic rings. The van der Waals surface area contributed by atoms with Gasteiger partial charge in [0.25, 0.3) is 0 Å². The lowest BCUT2D eigenvalue weighted by molar-refractivity contribution is 0.498. The van der Waals surface area contributed by atoms with Crippen molar-refractivity contribution in [2.45, 2.75) is 0 Å². The molecule has 0 fully saturated rings. The van der Waals surface area contributed by atoms with E-state index in [1.807, 2.05) is 0 Å². The highest BCUT2D eigenvalue weighted by molar-refractivity contribution is 14.1. The molecule has 0 N–H and O–H groups in total. The summed E-state index contributed by atoms with van der Waals surface area (Å²) in [6.45, 7) is 0. The molecular formula is C6HBrF2I2. The predicted octanol–water partition coefficient (Wildman–Crippen LogP) is 3.94. The van der Waals surface area contributed by atoms with Crippen LogP contribution in [0.4, 0.5) is 8.78 Å². The van der Waals surface area contributed by atoms with Crippen molar-refractivity contribution >= 4 is 61.1 Å². The molecule has 0 heterocycles. The van der Waals surface area contributed by atoms with Crippen molar-refractivity contribution in [2.24, 2.45) is 0 Å². The van der Waals surface area contributed by atoms with Crippen LogP contribution in [-0.2, 0) is 0 Å². The Labute approximate surface area is 98.2 Å². The predicted molar refractivity (Wildman–Crippen MR) is 59.5 cm³/mol. The van der Waals surface area contributed by atoms with E-state index in [2.05, 4.69) is 15.9 Å². The Kier molecular flexibility index (Phi) is 3.51. The van der Waals surface area contributed by atoms with E-state index in [0.717, 1.165) is 0 Å². The fraction of sp³-hybridized carbons (Fsp3) is 0. The summed E-state index contributed by atoms with van der Waals surface area (Å²) in [6.07, 6.45) is 0. The van der Waals surface area contributed by atoms with Gasteiger partial charge in [0.1, 0.15) is 0 Å². The molecule has 0 aliphatic heterocycles. The second-order valence-corrected chi connectivity index (χ2v) is 4.88. The first-order chi connectivity index (χ1) is 5.04. The zero-order valence-electron chi connectivity index (χ0n) is 4.97. The van der Waals surface area contributed by atoms with Gasteiger partial charge in [-0.1, -0.05) is 0 Å². The molecule has 0 saturated heterocycles. The molecule has 1 aromatic carbocycles. The van der Waals surface area contributed by atoms with E-state index in [-0.39, 0.29) is 7.14 Å². The van der Waals surface area contributed by atoms with E-state index in [1.165, 1.54) is 0 Å². The van der Waals surface area contributed by atoms with Crippen molar-refractivity contribution in [2.75, 3.05) is 0 Å². The molecule has 0 aliphatic rings. The maximum absolute atomic E-state index is 12.8. The van der Waals surface area contributed by atoms with Crippen molar-refractivity contribution in [3.8, 4) is 0 Å². The number of benzene rings is 1. The first-order valence-corrected chi connectivity index (χ1v) is 5.47. The van der Waals surface area contributed by atoms with Crippen LogP contribution in [0.1, 0.15) is 0 Å². The number of hydrogen-bond acceptors (Lipinski definition) is 0. The molecule has 0 aliphatic carbocycles. The van der Waals surface area contributed by atoms with E-state index >= 15 is 0 Å². The van der Waals surface area contributed by atoms with Gasteiger partial charge in [-0.2, -0.15) is 0 Å². The van der Waals surface area contributed by atoms with E-state index in [4.69, 9.17) is 0 Å². The summed E-state index contributed by atoms with van der Waals surface area (Å²) in [7, 11) is 0. The Bertz CT molecular complexity index is 275. The Morgan fingerprint density at radius 2 is 1.73 bits per heavy atom. The van der Waals surface area contributed by atoms with Crippen molar-refractivity contribution < 1.29 is 8.78 Å². The number of hydrogen-bond donors (Lipinski definition) is 0. The number of halogens is 5. The highest BCUT2D eigenvalue weighted by Gasteiger charge is 2.13. The van der Waals surface area contributed by atoms with Crippen molar-refractivity contribution in [3.63, 3.8) is 0 Å². The molecule has 0 nitrogen and oxygen atoms in total. The van der Waals surface area contributed by atoms with Gasteiger partial charge in [-0.3, -0.25) is 0 Å². The normalized spacial score (nSPS) is 10.3. The van der Waals surface area contributed by atoms with Crippen LogP contribution in [0.15, 0.2) is 10.5 Å². The topological polar surface area (TPSA) is 0 Å². The summed E-state index contributed by atoms with van der Waals surface area (Å²) in [5.41, 5.74) is 0. The monoisotopic (exact) mass is 444 g/mol. The lowest BCUT2D eigenvalue weighted by Gasteiger charge is -2.00. The first-order valence-electron chi connectivity index (χ1n) is 2.52. The molecule has 11 heavy (non-hydrogen) atoms. The quantitative estimate of drug-likeness (QED) is 0.323. The van der Waals surface area contributed by atoms with E-state index < -0.39 is 11.6 Å². The molecule has 0 saturated carbocycles. The van der Waals surface area contributed by atoms with Crippen LogP contribution >= 0.6 is 61.1 Å². The second-order valence-electron chi connectivity index (χ2n) is 1.78. The van der Waals surface area contributed by atoms with Crippen LogP contribution < -0.4 is 0 Å². The van der Waals surface area contributed by atoms with Crippen molar-refractivity contribution in [3.05, 3.63) is 29.3 Å². The lowest BCUT2D eigenvalue weighted by Crippen LogP contribution is -1.93. The molecule has 0 spiro atoms. The summed E-state index contributed by atoms with van der Waals surface area (Å²) in [4.78, 5) is 0. The molecule has 60 valence electrons. The third kappa shape index (κ3) is 2.03. The highest BCUT2D eigenvalue weighted by atomic mass is 127. The minimum atomic E-state index is -0.788. The Balaban J connectivity index is 3.46. The zero-order chi connectivity index (χ0) is 8.59. The van der Waals surface area contributed by atoms with E-state index in [1.54, 1.807) is 51.2 Å². The average Bonchev–Trinajstić information content (AvgIpc) is 1.97. The van der Waals surface area contributed by atoms with Crippen molar-refractivity contribution in [1.82, 2.24) is 0 Å². The van der Waals surface area contributed by atoms with Gasteiger partial charge in [0, 0.05) is 4.47 Å². The molecule has 5 heteroatoms. The molecule has 0 bridgehead atoms. The zero-order valence-corrected chi connectivity index (χ0v) is 10.9. The molecule has 0 unspecified atom stereocenters. The minimum Gasteiger partial charge on any atom is -0.203 e. The molecule has 0 radical (unpaired) electrons. The third-order valence-corrected chi connectivity index (χ3v) is 4.26. The molecular weight excluding hydrogens is 444 g/mol. The molecule has 0 amide bonds. The SMILES string of the molecule is Fc1c(I)cc(Br)c(I)c1F. The largest absolute Gasteiger partial charge is 0.203 e. The van der Waals surface area contributed by atoms with Crippen LogP contribution in [0.2, 0.25) is 0 Å². The summed E-state index contributed by atoms with van der Waals surface area (Å²) in [5.74, 6) is -1.57. The summed E-state index contributed by atoms with van der Waals surface area (Å²) in [5, 5.41) is 0.